The van der Waals surface area contributed by atoms with Gasteiger partial charge in [-0.2, -0.15) is 0 Å². The van der Waals surface area contributed by atoms with Crippen LogP contribution >= 0.6 is 0 Å². The first kappa shape index (κ1) is 18.3. The molecule has 0 radical (unpaired) electrons. The molecule has 0 spiro atoms. The van der Waals surface area contributed by atoms with Crippen LogP contribution in [0.5, 0.6) is 11.5 Å². The zero-order valence-corrected chi connectivity index (χ0v) is 15.2. The molecule has 138 valence electrons. The smallest absolute Gasteiger partial charge is 0.251 e. The van der Waals surface area contributed by atoms with Crippen LogP contribution in [0.2, 0.25) is 0 Å². The minimum Gasteiger partial charge on any atom is -0.497 e. The van der Waals surface area contributed by atoms with E-state index in [-0.39, 0.29) is 12.5 Å². The summed E-state index contributed by atoms with van der Waals surface area (Å²) in [5.74, 6) is 1.31. The SMILES string of the molecule is CCOc1ccc(C(=O)NCC2(O)CCCc3cc(OC)ccc32)cc1. The van der Waals surface area contributed by atoms with E-state index in [4.69, 9.17) is 9.47 Å². The quantitative estimate of drug-likeness (QED) is 0.836. The molecule has 2 aromatic rings. The minimum absolute atomic E-state index is 0.179. The number of hydrogen-bond donors (Lipinski definition) is 2. The summed E-state index contributed by atoms with van der Waals surface area (Å²) in [5.41, 5.74) is 1.44. The van der Waals surface area contributed by atoms with Gasteiger partial charge in [0.1, 0.15) is 17.1 Å². The summed E-state index contributed by atoms with van der Waals surface area (Å²) in [5, 5.41) is 14.0. The predicted molar refractivity (Wildman–Crippen MR) is 99.8 cm³/mol. The number of amides is 1. The van der Waals surface area contributed by atoms with Crippen molar-refractivity contribution in [2.24, 2.45) is 0 Å². The molecule has 1 aliphatic carbocycles. The zero-order chi connectivity index (χ0) is 18.6. The summed E-state index contributed by atoms with van der Waals surface area (Å²) >= 11 is 0. The third-order valence-corrected chi connectivity index (χ3v) is 4.82. The number of nitrogens with one attached hydrogen (secondary N) is 1. The second-order valence-electron chi connectivity index (χ2n) is 6.55. The van der Waals surface area contributed by atoms with Gasteiger partial charge in [-0.15, -0.1) is 0 Å². The highest BCUT2D eigenvalue weighted by molar-refractivity contribution is 5.94. The number of benzene rings is 2. The number of fused-ring (bicyclic) bond motifs is 1. The lowest BCUT2D eigenvalue weighted by Gasteiger charge is -2.35. The van der Waals surface area contributed by atoms with Crippen molar-refractivity contribution in [3.63, 3.8) is 0 Å². The normalized spacial score (nSPS) is 18.7. The van der Waals surface area contributed by atoms with Crippen LogP contribution in [0.4, 0.5) is 0 Å². The summed E-state index contributed by atoms with van der Waals surface area (Å²) in [6, 6.07) is 12.7. The zero-order valence-electron chi connectivity index (χ0n) is 15.2. The van der Waals surface area contributed by atoms with Crippen molar-refractivity contribution in [1.29, 1.82) is 0 Å². The van der Waals surface area contributed by atoms with Gasteiger partial charge < -0.3 is 19.9 Å². The lowest BCUT2D eigenvalue weighted by molar-refractivity contribution is 0.0189. The summed E-state index contributed by atoms with van der Waals surface area (Å²) < 4.78 is 10.7. The molecular formula is C21H25NO4. The topological polar surface area (TPSA) is 67.8 Å². The maximum atomic E-state index is 12.4. The van der Waals surface area contributed by atoms with Gasteiger partial charge in [0, 0.05) is 5.56 Å². The lowest BCUT2D eigenvalue weighted by Crippen LogP contribution is -2.43. The van der Waals surface area contributed by atoms with Crippen molar-refractivity contribution in [2.75, 3.05) is 20.3 Å². The summed E-state index contributed by atoms with van der Waals surface area (Å²) in [6.07, 6.45) is 2.40. The standard InChI is InChI=1S/C21H25NO4/c1-3-26-17-8-6-15(7-9-17)20(23)22-14-21(24)12-4-5-16-13-18(25-2)10-11-19(16)21/h6-11,13,24H,3-5,12,14H2,1-2H3,(H,22,23). The number of carbonyl (C=O) groups is 1. The summed E-state index contributed by atoms with van der Waals surface area (Å²) in [7, 11) is 1.63. The third kappa shape index (κ3) is 3.83. The number of aryl methyl sites for hydroxylation is 1. The fourth-order valence-corrected chi connectivity index (χ4v) is 3.45. The largest absolute Gasteiger partial charge is 0.497 e. The van der Waals surface area contributed by atoms with Crippen molar-refractivity contribution in [1.82, 2.24) is 5.32 Å². The van der Waals surface area contributed by atoms with Gasteiger partial charge >= 0.3 is 0 Å². The Kier molecular flexibility index (Phi) is 5.47. The Bertz CT molecular complexity index is 772. The molecule has 26 heavy (non-hydrogen) atoms. The average molecular weight is 355 g/mol. The Morgan fingerprint density at radius 2 is 1.92 bits per heavy atom. The van der Waals surface area contributed by atoms with Crippen LogP contribution < -0.4 is 14.8 Å². The van der Waals surface area contributed by atoms with E-state index < -0.39 is 5.60 Å². The van der Waals surface area contributed by atoms with Crippen molar-refractivity contribution in [2.45, 2.75) is 31.8 Å². The molecule has 0 fully saturated rings. The molecule has 1 aliphatic rings. The molecule has 2 aromatic carbocycles. The number of aliphatic hydroxyl groups is 1. The number of rotatable bonds is 6. The van der Waals surface area contributed by atoms with Crippen LogP contribution in [-0.2, 0) is 12.0 Å². The Morgan fingerprint density at radius 3 is 2.62 bits per heavy atom. The van der Waals surface area contributed by atoms with Crippen LogP contribution in [0.1, 0.15) is 41.3 Å². The Labute approximate surface area is 153 Å². The van der Waals surface area contributed by atoms with Gasteiger partial charge in [0.2, 0.25) is 0 Å². The van der Waals surface area contributed by atoms with Crippen LogP contribution in [0.25, 0.3) is 0 Å². The van der Waals surface area contributed by atoms with E-state index in [9.17, 15) is 9.90 Å². The van der Waals surface area contributed by atoms with Gasteiger partial charge in [-0.25, -0.2) is 0 Å². The minimum atomic E-state index is -1.05. The predicted octanol–water partition coefficient (Wildman–Crippen LogP) is 3.05. The van der Waals surface area contributed by atoms with Crippen LogP contribution in [-0.4, -0.2) is 31.3 Å². The van der Waals surface area contributed by atoms with Crippen molar-refractivity contribution < 1.29 is 19.4 Å². The van der Waals surface area contributed by atoms with Crippen LogP contribution in [0, 0.1) is 0 Å². The van der Waals surface area contributed by atoms with Gasteiger partial charge in [-0.05, 0) is 73.7 Å². The fourth-order valence-electron chi connectivity index (χ4n) is 3.45. The van der Waals surface area contributed by atoms with E-state index in [2.05, 4.69) is 5.32 Å². The summed E-state index contributed by atoms with van der Waals surface area (Å²) in [4.78, 5) is 12.4. The molecule has 1 amide bonds. The monoisotopic (exact) mass is 355 g/mol. The Morgan fingerprint density at radius 1 is 1.19 bits per heavy atom. The highest BCUT2D eigenvalue weighted by atomic mass is 16.5. The van der Waals surface area contributed by atoms with E-state index in [0.717, 1.165) is 35.5 Å². The molecule has 5 nitrogen and oxygen atoms in total. The second-order valence-corrected chi connectivity index (χ2v) is 6.55. The highest BCUT2D eigenvalue weighted by Gasteiger charge is 2.34. The molecule has 2 N–H and O–H groups in total. The molecule has 1 atom stereocenters. The number of ether oxygens (including phenoxy) is 2. The van der Waals surface area contributed by atoms with Crippen molar-refractivity contribution >= 4 is 5.91 Å². The molecule has 0 saturated heterocycles. The molecule has 0 saturated carbocycles. The second kappa shape index (κ2) is 7.79. The fraction of sp³-hybridized carbons (Fsp3) is 0.381. The molecular weight excluding hydrogens is 330 g/mol. The van der Waals surface area contributed by atoms with Crippen molar-refractivity contribution in [3.8, 4) is 11.5 Å². The van der Waals surface area contributed by atoms with E-state index in [1.807, 2.05) is 25.1 Å². The first-order valence-corrected chi connectivity index (χ1v) is 8.96. The first-order chi connectivity index (χ1) is 12.6. The maximum absolute atomic E-state index is 12.4. The molecule has 0 bridgehead atoms. The van der Waals surface area contributed by atoms with Crippen LogP contribution in [0.3, 0.4) is 0 Å². The molecule has 0 aromatic heterocycles. The maximum Gasteiger partial charge on any atom is 0.251 e. The van der Waals surface area contributed by atoms with Gasteiger partial charge in [-0.1, -0.05) is 6.07 Å². The highest BCUT2D eigenvalue weighted by Crippen LogP contribution is 2.36. The van der Waals surface area contributed by atoms with E-state index in [0.29, 0.717) is 18.6 Å². The van der Waals surface area contributed by atoms with Gasteiger partial charge in [0.05, 0.1) is 20.3 Å². The first-order valence-electron chi connectivity index (χ1n) is 8.96. The van der Waals surface area contributed by atoms with E-state index in [1.54, 1.807) is 31.4 Å². The van der Waals surface area contributed by atoms with Gasteiger partial charge in [0.15, 0.2) is 0 Å². The Hall–Kier alpha value is -2.53. The number of methoxy groups -OCH3 is 1. The van der Waals surface area contributed by atoms with E-state index >= 15 is 0 Å². The number of hydrogen-bond acceptors (Lipinski definition) is 4. The molecule has 1 unspecified atom stereocenters. The lowest BCUT2D eigenvalue weighted by atomic mass is 9.79. The molecule has 0 heterocycles. The summed E-state index contributed by atoms with van der Waals surface area (Å²) in [6.45, 7) is 2.68. The molecule has 0 aliphatic heterocycles. The van der Waals surface area contributed by atoms with Crippen LogP contribution in [0.15, 0.2) is 42.5 Å². The third-order valence-electron chi connectivity index (χ3n) is 4.82. The van der Waals surface area contributed by atoms with Gasteiger partial charge in [-0.3, -0.25) is 4.79 Å². The van der Waals surface area contributed by atoms with Crippen molar-refractivity contribution in [3.05, 3.63) is 59.2 Å². The Balaban J connectivity index is 1.70. The van der Waals surface area contributed by atoms with E-state index in [1.165, 1.54) is 0 Å². The van der Waals surface area contributed by atoms with Gasteiger partial charge in [0.25, 0.3) is 5.91 Å². The molecule has 5 heteroatoms. The molecule has 3 rings (SSSR count). The average Bonchev–Trinajstić information content (AvgIpc) is 2.67. The number of carbonyl (C=O) groups excluding carboxylic acids is 1.